The molecule has 0 aromatic heterocycles. The molecule has 1 heterocycles. The standard InChI is InChI=1S/C11H23NO/c1-10(2)4-6-12-7-5-11(8-12)9-13-3/h10-11H,4-9H2,1-3H3. The summed E-state index contributed by atoms with van der Waals surface area (Å²) in [7, 11) is 1.80. The zero-order chi connectivity index (χ0) is 9.68. The molecule has 1 fully saturated rings. The third-order valence-electron chi connectivity index (χ3n) is 2.80. The Morgan fingerprint density at radius 2 is 2.23 bits per heavy atom. The van der Waals surface area contributed by atoms with Gasteiger partial charge in [0.05, 0.1) is 6.61 Å². The summed E-state index contributed by atoms with van der Waals surface area (Å²) in [4.78, 5) is 2.57. The molecule has 0 saturated carbocycles. The third kappa shape index (κ3) is 4.10. The van der Waals surface area contributed by atoms with Crippen molar-refractivity contribution < 1.29 is 4.74 Å². The molecule has 1 aliphatic heterocycles. The minimum absolute atomic E-state index is 0.789. The molecule has 0 aromatic rings. The molecule has 0 radical (unpaired) electrons. The molecule has 2 nitrogen and oxygen atoms in total. The SMILES string of the molecule is COCC1CCN(CCC(C)C)C1. The van der Waals surface area contributed by atoms with E-state index in [4.69, 9.17) is 4.74 Å². The number of likely N-dealkylation sites (tertiary alicyclic amines) is 1. The molecule has 1 unspecified atom stereocenters. The Bertz CT molecular complexity index is 136. The Labute approximate surface area is 82.3 Å². The smallest absolute Gasteiger partial charge is 0.0503 e. The lowest BCUT2D eigenvalue weighted by Gasteiger charge is -2.16. The van der Waals surface area contributed by atoms with Crippen LogP contribution in [0.3, 0.4) is 0 Å². The third-order valence-corrected chi connectivity index (χ3v) is 2.80. The van der Waals surface area contributed by atoms with Crippen LogP contribution in [-0.2, 0) is 4.74 Å². The van der Waals surface area contributed by atoms with E-state index in [0.29, 0.717) is 0 Å². The number of rotatable bonds is 5. The van der Waals surface area contributed by atoms with Crippen LogP contribution in [0, 0.1) is 11.8 Å². The van der Waals surface area contributed by atoms with Gasteiger partial charge in [0, 0.05) is 13.7 Å². The predicted octanol–water partition coefficient (Wildman–Crippen LogP) is 2.00. The minimum atomic E-state index is 0.789. The maximum Gasteiger partial charge on any atom is 0.0503 e. The van der Waals surface area contributed by atoms with Gasteiger partial charge in [-0.2, -0.15) is 0 Å². The van der Waals surface area contributed by atoms with Gasteiger partial charge in [-0.25, -0.2) is 0 Å². The molecular formula is C11H23NO. The Hall–Kier alpha value is -0.0800. The van der Waals surface area contributed by atoms with Crippen molar-refractivity contribution in [3.8, 4) is 0 Å². The van der Waals surface area contributed by atoms with Gasteiger partial charge in [-0.15, -0.1) is 0 Å². The second-order valence-electron chi connectivity index (χ2n) is 4.59. The van der Waals surface area contributed by atoms with Crippen LogP contribution in [0.5, 0.6) is 0 Å². The highest BCUT2D eigenvalue weighted by Crippen LogP contribution is 2.17. The molecular weight excluding hydrogens is 162 g/mol. The van der Waals surface area contributed by atoms with Gasteiger partial charge in [0.25, 0.3) is 0 Å². The van der Waals surface area contributed by atoms with Crippen molar-refractivity contribution in [3.05, 3.63) is 0 Å². The van der Waals surface area contributed by atoms with Gasteiger partial charge >= 0.3 is 0 Å². The first-order valence-corrected chi connectivity index (χ1v) is 5.43. The Morgan fingerprint density at radius 3 is 2.85 bits per heavy atom. The van der Waals surface area contributed by atoms with Gasteiger partial charge < -0.3 is 9.64 Å². The number of hydrogen-bond acceptors (Lipinski definition) is 2. The number of hydrogen-bond donors (Lipinski definition) is 0. The lowest BCUT2D eigenvalue weighted by molar-refractivity contribution is 0.152. The van der Waals surface area contributed by atoms with Crippen molar-refractivity contribution in [1.82, 2.24) is 4.90 Å². The zero-order valence-electron chi connectivity index (χ0n) is 9.25. The maximum absolute atomic E-state index is 5.17. The highest BCUT2D eigenvalue weighted by Gasteiger charge is 2.21. The quantitative estimate of drug-likeness (QED) is 0.649. The fourth-order valence-electron chi connectivity index (χ4n) is 1.93. The van der Waals surface area contributed by atoms with Gasteiger partial charge in [0.2, 0.25) is 0 Å². The molecule has 2 heteroatoms. The van der Waals surface area contributed by atoms with Crippen LogP contribution in [0.25, 0.3) is 0 Å². The van der Waals surface area contributed by atoms with E-state index in [1.807, 2.05) is 0 Å². The lowest BCUT2D eigenvalue weighted by atomic mass is 10.1. The van der Waals surface area contributed by atoms with Crippen LogP contribution in [-0.4, -0.2) is 38.3 Å². The first-order chi connectivity index (χ1) is 6.22. The van der Waals surface area contributed by atoms with Crippen molar-refractivity contribution in [2.24, 2.45) is 11.8 Å². The number of ether oxygens (including phenoxy) is 1. The molecule has 0 spiro atoms. The van der Waals surface area contributed by atoms with Crippen LogP contribution in [0.15, 0.2) is 0 Å². The van der Waals surface area contributed by atoms with E-state index in [1.54, 1.807) is 7.11 Å². The molecule has 1 saturated heterocycles. The summed E-state index contributed by atoms with van der Waals surface area (Å²) < 4.78 is 5.17. The molecule has 0 aliphatic carbocycles. The van der Waals surface area contributed by atoms with Crippen LogP contribution in [0.4, 0.5) is 0 Å². The summed E-state index contributed by atoms with van der Waals surface area (Å²) in [5.41, 5.74) is 0. The Morgan fingerprint density at radius 1 is 1.46 bits per heavy atom. The predicted molar refractivity (Wildman–Crippen MR) is 55.9 cm³/mol. The summed E-state index contributed by atoms with van der Waals surface area (Å²) in [6.45, 7) is 9.34. The number of nitrogens with zero attached hydrogens (tertiary/aromatic N) is 1. The van der Waals surface area contributed by atoms with E-state index in [2.05, 4.69) is 18.7 Å². The van der Waals surface area contributed by atoms with Crippen molar-refractivity contribution >= 4 is 0 Å². The molecule has 0 N–H and O–H groups in total. The Balaban J connectivity index is 2.10. The van der Waals surface area contributed by atoms with Crippen LogP contribution in [0.2, 0.25) is 0 Å². The van der Waals surface area contributed by atoms with Crippen molar-refractivity contribution in [1.29, 1.82) is 0 Å². The molecule has 1 aliphatic rings. The van der Waals surface area contributed by atoms with Gasteiger partial charge in [0.15, 0.2) is 0 Å². The average molecular weight is 185 g/mol. The van der Waals surface area contributed by atoms with E-state index in [-0.39, 0.29) is 0 Å². The normalized spacial score (nSPS) is 24.5. The lowest BCUT2D eigenvalue weighted by Crippen LogP contribution is -2.23. The average Bonchev–Trinajstić information content (AvgIpc) is 2.50. The second-order valence-corrected chi connectivity index (χ2v) is 4.59. The highest BCUT2D eigenvalue weighted by molar-refractivity contribution is 4.75. The first kappa shape index (κ1) is 11.0. The van der Waals surface area contributed by atoms with E-state index in [9.17, 15) is 0 Å². The molecule has 13 heavy (non-hydrogen) atoms. The molecule has 0 aromatic carbocycles. The first-order valence-electron chi connectivity index (χ1n) is 5.43. The fraction of sp³-hybridized carbons (Fsp3) is 1.00. The zero-order valence-corrected chi connectivity index (χ0v) is 9.25. The van der Waals surface area contributed by atoms with Crippen LogP contribution >= 0.6 is 0 Å². The monoisotopic (exact) mass is 185 g/mol. The van der Waals surface area contributed by atoms with Crippen LogP contribution in [0.1, 0.15) is 26.7 Å². The number of methoxy groups -OCH3 is 1. The molecule has 0 amide bonds. The summed E-state index contributed by atoms with van der Waals surface area (Å²) >= 11 is 0. The maximum atomic E-state index is 5.17. The molecule has 1 atom stereocenters. The van der Waals surface area contributed by atoms with Crippen LogP contribution < -0.4 is 0 Å². The largest absolute Gasteiger partial charge is 0.384 e. The second kappa shape index (κ2) is 5.61. The van der Waals surface area contributed by atoms with Crippen molar-refractivity contribution in [3.63, 3.8) is 0 Å². The molecule has 1 rings (SSSR count). The topological polar surface area (TPSA) is 12.5 Å². The van der Waals surface area contributed by atoms with Gasteiger partial charge in [0.1, 0.15) is 0 Å². The van der Waals surface area contributed by atoms with E-state index >= 15 is 0 Å². The molecule has 0 bridgehead atoms. The van der Waals surface area contributed by atoms with E-state index in [0.717, 1.165) is 18.4 Å². The minimum Gasteiger partial charge on any atom is -0.384 e. The van der Waals surface area contributed by atoms with Gasteiger partial charge in [-0.1, -0.05) is 13.8 Å². The van der Waals surface area contributed by atoms with E-state index < -0.39 is 0 Å². The summed E-state index contributed by atoms with van der Waals surface area (Å²) in [5.74, 6) is 1.62. The van der Waals surface area contributed by atoms with Gasteiger partial charge in [-0.3, -0.25) is 0 Å². The van der Waals surface area contributed by atoms with Crippen molar-refractivity contribution in [2.75, 3.05) is 33.4 Å². The summed E-state index contributed by atoms with van der Waals surface area (Å²) in [6, 6.07) is 0. The molecule has 78 valence electrons. The van der Waals surface area contributed by atoms with Gasteiger partial charge in [-0.05, 0) is 37.8 Å². The van der Waals surface area contributed by atoms with E-state index in [1.165, 1.54) is 32.5 Å². The summed E-state index contributed by atoms with van der Waals surface area (Å²) in [5, 5.41) is 0. The van der Waals surface area contributed by atoms with Crippen molar-refractivity contribution in [2.45, 2.75) is 26.7 Å². The Kier molecular flexibility index (Phi) is 4.74. The summed E-state index contributed by atoms with van der Waals surface area (Å²) in [6.07, 6.45) is 2.66. The fourth-order valence-corrected chi connectivity index (χ4v) is 1.93. The highest BCUT2D eigenvalue weighted by atomic mass is 16.5.